The Balaban J connectivity index is 1.77. The second-order valence-electron chi connectivity index (χ2n) is 4.74. The average molecular weight is 314 g/mol. The minimum atomic E-state index is -0.116. The molecule has 22 heavy (non-hydrogen) atoms. The highest BCUT2D eigenvalue weighted by Gasteiger charge is 2.05. The highest BCUT2D eigenvalue weighted by molar-refractivity contribution is 6.30. The second kappa shape index (κ2) is 8.06. The number of hydrogen-bond acceptors (Lipinski definition) is 3. The Morgan fingerprint density at radius 3 is 2.68 bits per heavy atom. The Morgan fingerprint density at radius 1 is 1.18 bits per heavy atom. The summed E-state index contributed by atoms with van der Waals surface area (Å²) in [6.07, 6.45) is 0.789. The lowest BCUT2D eigenvalue weighted by atomic mass is 10.1. The number of amides is 1. The van der Waals surface area contributed by atoms with Crippen LogP contribution in [0, 0.1) is 11.3 Å². The molecule has 2 aromatic rings. The van der Waals surface area contributed by atoms with E-state index in [0.717, 1.165) is 6.42 Å². The van der Waals surface area contributed by atoms with Gasteiger partial charge in [0, 0.05) is 11.6 Å². The van der Waals surface area contributed by atoms with Crippen LogP contribution in [0.4, 0.5) is 5.69 Å². The van der Waals surface area contributed by atoms with Crippen LogP contribution in [0.2, 0.25) is 5.02 Å². The lowest BCUT2D eigenvalue weighted by Gasteiger charge is -2.09. The van der Waals surface area contributed by atoms with Crippen LogP contribution >= 0.6 is 11.6 Å². The zero-order valence-electron chi connectivity index (χ0n) is 12.0. The molecular weight excluding hydrogens is 298 g/mol. The molecule has 0 bridgehead atoms. The molecule has 0 aliphatic rings. The average Bonchev–Trinajstić information content (AvgIpc) is 2.54. The van der Waals surface area contributed by atoms with Crippen LogP contribution in [0.25, 0.3) is 0 Å². The number of nitrogens with one attached hydrogen (secondary N) is 2. The maximum atomic E-state index is 11.8. The van der Waals surface area contributed by atoms with E-state index in [1.165, 1.54) is 5.56 Å². The number of nitriles is 1. The molecule has 0 aliphatic heterocycles. The lowest BCUT2D eigenvalue weighted by Crippen LogP contribution is -2.31. The van der Waals surface area contributed by atoms with Gasteiger partial charge in [0.2, 0.25) is 5.91 Å². The summed E-state index contributed by atoms with van der Waals surface area (Å²) in [4.78, 5) is 11.8. The van der Waals surface area contributed by atoms with Gasteiger partial charge in [-0.2, -0.15) is 5.26 Å². The van der Waals surface area contributed by atoms with Crippen molar-refractivity contribution in [3.8, 4) is 6.07 Å². The fraction of sp³-hybridized carbons (Fsp3) is 0.176. The van der Waals surface area contributed by atoms with E-state index in [1.54, 1.807) is 18.2 Å². The number of anilines is 1. The van der Waals surface area contributed by atoms with Crippen molar-refractivity contribution in [1.82, 2.24) is 5.32 Å². The van der Waals surface area contributed by atoms with Gasteiger partial charge < -0.3 is 10.6 Å². The molecule has 1 amide bonds. The van der Waals surface area contributed by atoms with Gasteiger partial charge in [0.1, 0.15) is 6.07 Å². The van der Waals surface area contributed by atoms with Gasteiger partial charge in [-0.3, -0.25) is 4.79 Å². The first kappa shape index (κ1) is 15.9. The van der Waals surface area contributed by atoms with Crippen molar-refractivity contribution in [3.63, 3.8) is 0 Å². The van der Waals surface area contributed by atoms with E-state index in [2.05, 4.69) is 10.6 Å². The monoisotopic (exact) mass is 313 g/mol. The minimum Gasteiger partial charge on any atom is -0.375 e. The van der Waals surface area contributed by atoms with Crippen molar-refractivity contribution >= 4 is 23.2 Å². The van der Waals surface area contributed by atoms with Crippen molar-refractivity contribution < 1.29 is 4.79 Å². The highest BCUT2D eigenvalue weighted by atomic mass is 35.5. The molecular formula is C17H16ClN3O. The topological polar surface area (TPSA) is 64.9 Å². The Labute approximate surface area is 134 Å². The summed E-state index contributed by atoms with van der Waals surface area (Å²) in [5, 5.41) is 15.3. The molecule has 0 aromatic heterocycles. The Morgan fingerprint density at radius 2 is 1.95 bits per heavy atom. The number of rotatable bonds is 6. The maximum Gasteiger partial charge on any atom is 0.239 e. The third-order valence-electron chi connectivity index (χ3n) is 3.12. The zero-order valence-corrected chi connectivity index (χ0v) is 12.7. The summed E-state index contributed by atoms with van der Waals surface area (Å²) in [5.74, 6) is -0.116. The van der Waals surface area contributed by atoms with Crippen LogP contribution in [0.15, 0.2) is 48.5 Å². The largest absolute Gasteiger partial charge is 0.375 e. The molecule has 0 saturated carbocycles. The SMILES string of the molecule is N#Cc1cc(Cl)ccc1NCC(=O)NCCc1ccccc1. The standard InChI is InChI=1S/C17H16ClN3O/c18-15-6-7-16(14(10-15)11-19)21-12-17(22)20-9-8-13-4-2-1-3-5-13/h1-7,10,21H,8-9,12H2,(H,20,22). The van der Waals surface area contributed by atoms with Gasteiger partial charge >= 0.3 is 0 Å². The zero-order chi connectivity index (χ0) is 15.8. The first-order valence-corrected chi connectivity index (χ1v) is 7.31. The Kier molecular flexibility index (Phi) is 5.81. The molecule has 0 fully saturated rings. The van der Waals surface area contributed by atoms with Gasteiger partial charge in [0.15, 0.2) is 0 Å². The summed E-state index contributed by atoms with van der Waals surface area (Å²) < 4.78 is 0. The van der Waals surface area contributed by atoms with Gasteiger partial charge in [0.25, 0.3) is 0 Å². The first-order valence-electron chi connectivity index (χ1n) is 6.93. The number of nitrogens with zero attached hydrogens (tertiary/aromatic N) is 1. The predicted molar refractivity (Wildman–Crippen MR) is 87.8 cm³/mol. The summed E-state index contributed by atoms with van der Waals surface area (Å²) in [6, 6.07) is 16.9. The van der Waals surface area contributed by atoms with Gasteiger partial charge in [-0.1, -0.05) is 41.9 Å². The molecule has 0 saturated heterocycles. The van der Waals surface area contributed by atoms with Crippen LogP contribution in [0.5, 0.6) is 0 Å². The summed E-state index contributed by atoms with van der Waals surface area (Å²) in [7, 11) is 0. The maximum absolute atomic E-state index is 11.8. The molecule has 0 spiro atoms. The molecule has 112 valence electrons. The van der Waals surface area contributed by atoms with Crippen LogP contribution in [0.3, 0.4) is 0 Å². The molecule has 0 radical (unpaired) electrons. The summed E-state index contributed by atoms with van der Waals surface area (Å²) >= 11 is 5.83. The molecule has 4 nitrogen and oxygen atoms in total. The van der Waals surface area contributed by atoms with Gasteiger partial charge in [-0.25, -0.2) is 0 Å². The molecule has 0 atom stereocenters. The van der Waals surface area contributed by atoms with Crippen molar-refractivity contribution in [2.45, 2.75) is 6.42 Å². The van der Waals surface area contributed by atoms with Crippen molar-refractivity contribution in [2.75, 3.05) is 18.4 Å². The smallest absolute Gasteiger partial charge is 0.239 e. The van der Waals surface area contributed by atoms with E-state index in [0.29, 0.717) is 22.8 Å². The fourth-order valence-corrected chi connectivity index (χ4v) is 2.16. The second-order valence-corrected chi connectivity index (χ2v) is 5.18. The Bertz CT molecular complexity index is 680. The van der Waals surface area contributed by atoms with E-state index < -0.39 is 0 Å². The van der Waals surface area contributed by atoms with Crippen molar-refractivity contribution in [1.29, 1.82) is 5.26 Å². The fourth-order valence-electron chi connectivity index (χ4n) is 1.99. The molecule has 2 aromatic carbocycles. The molecule has 2 rings (SSSR count). The molecule has 0 heterocycles. The summed E-state index contributed by atoms with van der Waals surface area (Å²) in [5.41, 5.74) is 2.20. The van der Waals surface area contributed by atoms with Crippen LogP contribution in [0.1, 0.15) is 11.1 Å². The predicted octanol–water partition coefficient (Wildman–Crippen LogP) is 2.98. The van der Waals surface area contributed by atoms with Gasteiger partial charge in [-0.05, 0) is 30.2 Å². The van der Waals surface area contributed by atoms with Crippen LogP contribution in [-0.4, -0.2) is 19.0 Å². The minimum absolute atomic E-state index is 0.116. The Hall–Kier alpha value is -2.51. The van der Waals surface area contributed by atoms with Crippen LogP contribution in [-0.2, 0) is 11.2 Å². The van der Waals surface area contributed by atoms with Gasteiger partial charge in [-0.15, -0.1) is 0 Å². The highest BCUT2D eigenvalue weighted by Crippen LogP contribution is 2.19. The molecule has 2 N–H and O–H groups in total. The normalized spacial score (nSPS) is 9.82. The quantitative estimate of drug-likeness (QED) is 0.861. The molecule has 0 unspecified atom stereocenters. The van der Waals surface area contributed by atoms with Crippen molar-refractivity contribution in [3.05, 3.63) is 64.7 Å². The third-order valence-corrected chi connectivity index (χ3v) is 3.36. The third kappa shape index (κ3) is 4.80. The van der Waals surface area contributed by atoms with E-state index in [1.807, 2.05) is 36.4 Å². The van der Waals surface area contributed by atoms with E-state index in [-0.39, 0.29) is 12.5 Å². The molecule has 5 heteroatoms. The summed E-state index contributed by atoms with van der Waals surface area (Å²) in [6.45, 7) is 0.696. The number of carbonyl (C=O) groups is 1. The number of halogens is 1. The number of hydrogen-bond donors (Lipinski definition) is 2. The van der Waals surface area contributed by atoms with Gasteiger partial charge in [0.05, 0.1) is 17.8 Å². The number of benzene rings is 2. The van der Waals surface area contributed by atoms with E-state index in [4.69, 9.17) is 16.9 Å². The van der Waals surface area contributed by atoms with Crippen molar-refractivity contribution in [2.24, 2.45) is 0 Å². The first-order chi connectivity index (χ1) is 10.7. The lowest BCUT2D eigenvalue weighted by molar-refractivity contribution is -0.119. The molecule has 0 aliphatic carbocycles. The van der Waals surface area contributed by atoms with Crippen LogP contribution < -0.4 is 10.6 Å². The number of carbonyl (C=O) groups excluding carboxylic acids is 1. The van der Waals surface area contributed by atoms with E-state index >= 15 is 0 Å². The van der Waals surface area contributed by atoms with E-state index in [9.17, 15) is 4.79 Å².